The molecule has 146 valence electrons. The predicted octanol–water partition coefficient (Wildman–Crippen LogP) is 0.513. The second-order valence-electron chi connectivity index (χ2n) is 5.50. The maximum absolute atomic E-state index is 9.70. The van der Waals surface area contributed by atoms with Gasteiger partial charge in [-0.15, -0.1) is 0 Å². The molecule has 0 aromatic heterocycles. The number of rotatable bonds is 5. The number of hydrogen-bond donors (Lipinski definition) is 6. The average molecular weight is 356 g/mol. The normalized spacial score (nSPS) is 9.38. The Morgan fingerprint density at radius 3 is 0.750 bits per heavy atom. The van der Waals surface area contributed by atoms with Crippen LogP contribution in [0.1, 0.15) is 41.5 Å². The van der Waals surface area contributed by atoms with Crippen molar-refractivity contribution in [3.8, 4) is 0 Å². The third-order valence-electron chi connectivity index (χ3n) is 1.90. The van der Waals surface area contributed by atoms with Gasteiger partial charge in [0.2, 0.25) is 0 Å². The van der Waals surface area contributed by atoms with Crippen LogP contribution in [0.15, 0.2) is 0 Å². The number of aliphatic carboxylic acids is 3. The second kappa shape index (κ2) is 19.3. The molecule has 0 unspecified atom stereocenters. The molecule has 9 heteroatoms. The first-order valence-corrected chi connectivity index (χ1v) is 7.32. The summed E-state index contributed by atoms with van der Waals surface area (Å²) in [4.78, 5) is 29.1. The van der Waals surface area contributed by atoms with E-state index >= 15 is 0 Å². The van der Waals surface area contributed by atoms with Crippen molar-refractivity contribution in [1.29, 1.82) is 0 Å². The van der Waals surface area contributed by atoms with E-state index < -0.39 is 24.0 Å². The standard InChI is InChI=1S/3C4H8O2.C3H8O3/c3*1-3(2)4(5)6;4-1-3(6)2-5/h3*3H,1-2H3,(H,5,6);3-6H,1-2H2. The molecule has 0 bridgehead atoms. The molecule has 0 fully saturated rings. The van der Waals surface area contributed by atoms with Crippen molar-refractivity contribution in [3.63, 3.8) is 0 Å². The van der Waals surface area contributed by atoms with Gasteiger partial charge < -0.3 is 30.6 Å². The summed E-state index contributed by atoms with van der Waals surface area (Å²) in [5.74, 6) is -2.92. The molecule has 0 radical (unpaired) electrons. The van der Waals surface area contributed by atoms with Crippen molar-refractivity contribution in [2.24, 2.45) is 17.8 Å². The topological polar surface area (TPSA) is 173 Å². The molecule has 0 aromatic carbocycles. The first kappa shape index (κ1) is 30.2. The smallest absolute Gasteiger partial charge is 0.305 e. The molecule has 0 rings (SSSR count). The van der Waals surface area contributed by atoms with Crippen LogP contribution < -0.4 is 0 Å². The summed E-state index contributed by atoms with van der Waals surface area (Å²) >= 11 is 0. The van der Waals surface area contributed by atoms with Gasteiger partial charge in [0.1, 0.15) is 6.10 Å². The van der Waals surface area contributed by atoms with Crippen molar-refractivity contribution < 1.29 is 45.0 Å². The maximum atomic E-state index is 9.70. The zero-order chi connectivity index (χ0) is 20.5. The molecule has 0 aromatic rings. The summed E-state index contributed by atoms with van der Waals surface area (Å²) in [6, 6.07) is 0. The lowest BCUT2D eigenvalue weighted by Crippen LogP contribution is -2.15. The lowest BCUT2D eigenvalue weighted by molar-refractivity contribution is -0.141. The van der Waals surface area contributed by atoms with Crippen molar-refractivity contribution in [2.45, 2.75) is 47.6 Å². The van der Waals surface area contributed by atoms with Crippen LogP contribution in [0.25, 0.3) is 0 Å². The molecule has 0 aliphatic rings. The summed E-state index contributed by atoms with van der Waals surface area (Å²) in [6.07, 6.45) is -0.954. The number of carboxylic acid groups (broad SMARTS) is 3. The summed E-state index contributed by atoms with van der Waals surface area (Å²) in [7, 11) is 0. The van der Waals surface area contributed by atoms with Crippen molar-refractivity contribution in [3.05, 3.63) is 0 Å². The van der Waals surface area contributed by atoms with Gasteiger partial charge in [-0.25, -0.2) is 0 Å². The van der Waals surface area contributed by atoms with Crippen LogP contribution >= 0.6 is 0 Å². The van der Waals surface area contributed by atoms with Gasteiger partial charge in [0.05, 0.1) is 31.0 Å². The Labute approximate surface area is 142 Å². The van der Waals surface area contributed by atoms with E-state index in [1.54, 1.807) is 41.5 Å². The molecule has 0 saturated carbocycles. The molecule has 0 saturated heterocycles. The zero-order valence-corrected chi connectivity index (χ0v) is 15.1. The van der Waals surface area contributed by atoms with Crippen LogP contribution in [0.2, 0.25) is 0 Å². The fraction of sp³-hybridized carbons (Fsp3) is 0.800. The van der Waals surface area contributed by atoms with Gasteiger partial charge in [0.15, 0.2) is 0 Å². The Hall–Kier alpha value is -1.71. The minimum absolute atomic E-state index is 0.231. The summed E-state index contributed by atoms with van der Waals surface area (Å²) in [6.45, 7) is 9.12. The van der Waals surface area contributed by atoms with E-state index in [9.17, 15) is 14.4 Å². The van der Waals surface area contributed by atoms with Crippen LogP contribution in [0.5, 0.6) is 0 Å². The molecule has 9 nitrogen and oxygen atoms in total. The predicted molar refractivity (Wildman–Crippen MR) is 87.6 cm³/mol. The summed E-state index contributed by atoms with van der Waals surface area (Å²) in [5, 5.41) is 48.0. The fourth-order valence-corrected chi connectivity index (χ4v) is 0.0577. The van der Waals surface area contributed by atoms with Gasteiger partial charge in [-0.05, 0) is 0 Å². The molecule has 0 atom stereocenters. The Bertz CT molecular complexity index is 278. The largest absolute Gasteiger partial charge is 0.481 e. The number of hydrogen-bond acceptors (Lipinski definition) is 6. The molecule has 0 aliphatic heterocycles. The Morgan fingerprint density at radius 1 is 0.625 bits per heavy atom. The number of carboxylic acids is 3. The van der Waals surface area contributed by atoms with E-state index in [-0.39, 0.29) is 31.0 Å². The number of carbonyl (C=O) groups is 3. The van der Waals surface area contributed by atoms with Crippen molar-refractivity contribution >= 4 is 17.9 Å². The first-order chi connectivity index (χ1) is 10.7. The Kier molecular flexibility index (Phi) is 24.3. The highest BCUT2D eigenvalue weighted by Gasteiger charge is 2.00. The average Bonchev–Trinajstić information content (AvgIpc) is 2.47. The maximum Gasteiger partial charge on any atom is 0.305 e. The highest BCUT2D eigenvalue weighted by atomic mass is 16.4. The van der Waals surface area contributed by atoms with Gasteiger partial charge in [-0.3, -0.25) is 14.4 Å². The van der Waals surface area contributed by atoms with Crippen molar-refractivity contribution in [2.75, 3.05) is 13.2 Å². The third-order valence-corrected chi connectivity index (χ3v) is 1.90. The van der Waals surface area contributed by atoms with Gasteiger partial charge in [-0.2, -0.15) is 0 Å². The summed E-state index contributed by atoms with van der Waals surface area (Å²) < 4.78 is 0. The minimum Gasteiger partial charge on any atom is -0.481 e. The molecule has 24 heavy (non-hydrogen) atoms. The van der Waals surface area contributed by atoms with E-state index in [1.165, 1.54) is 0 Å². The van der Waals surface area contributed by atoms with Crippen LogP contribution in [-0.4, -0.2) is 67.9 Å². The minimum atomic E-state index is -0.954. The van der Waals surface area contributed by atoms with E-state index in [2.05, 4.69) is 0 Å². The van der Waals surface area contributed by atoms with Crippen LogP contribution in [0, 0.1) is 17.8 Å². The van der Waals surface area contributed by atoms with Gasteiger partial charge in [0.25, 0.3) is 0 Å². The SMILES string of the molecule is CC(C)C(=O)O.CC(C)C(=O)O.CC(C)C(=O)O.OCC(O)CO. The number of aliphatic hydroxyl groups excluding tert-OH is 3. The lowest BCUT2D eigenvalue weighted by atomic mass is 10.2. The Morgan fingerprint density at radius 2 is 0.750 bits per heavy atom. The molecule has 0 amide bonds. The van der Waals surface area contributed by atoms with Crippen molar-refractivity contribution in [1.82, 2.24) is 0 Å². The highest BCUT2D eigenvalue weighted by molar-refractivity contribution is 5.69. The summed E-state index contributed by atoms with van der Waals surface area (Å²) in [5.41, 5.74) is 0. The monoisotopic (exact) mass is 356 g/mol. The first-order valence-electron chi connectivity index (χ1n) is 7.32. The van der Waals surface area contributed by atoms with Crippen LogP contribution in [-0.2, 0) is 14.4 Å². The van der Waals surface area contributed by atoms with Crippen LogP contribution in [0.3, 0.4) is 0 Å². The molecular formula is C15H32O9. The molecular weight excluding hydrogens is 324 g/mol. The van der Waals surface area contributed by atoms with Gasteiger partial charge in [-0.1, -0.05) is 41.5 Å². The lowest BCUT2D eigenvalue weighted by Gasteiger charge is -1.96. The fourth-order valence-electron chi connectivity index (χ4n) is 0.0577. The second-order valence-corrected chi connectivity index (χ2v) is 5.50. The van der Waals surface area contributed by atoms with E-state index in [4.69, 9.17) is 30.6 Å². The molecule has 0 aliphatic carbocycles. The zero-order valence-electron chi connectivity index (χ0n) is 15.1. The third kappa shape index (κ3) is 37.0. The highest BCUT2D eigenvalue weighted by Crippen LogP contribution is 1.88. The van der Waals surface area contributed by atoms with E-state index in [1.807, 2.05) is 0 Å². The Balaban J connectivity index is -0.000000111. The van der Waals surface area contributed by atoms with Crippen LogP contribution in [0.4, 0.5) is 0 Å². The van der Waals surface area contributed by atoms with E-state index in [0.29, 0.717) is 0 Å². The van der Waals surface area contributed by atoms with Gasteiger partial charge >= 0.3 is 17.9 Å². The van der Waals surface area contributed by atoms with E-state index in [0.717, 1.165) is 0 Å². The quantitative estimate of drug-likeness (QED) is 0.410. The molecule has 0 spiro atoms. The number of aliphatic hydroxyl groups is 3. The molecule has 0 heterocycles. The van der Waals surface area contributed by atoms with Gasteiger partial charge in [0, 0.05) is 0 Å². The molecule has 6 N–H and O–H groups in total.